The van der Waals surface area contributed by atoms with E-state index in [4.69, 9.17) is 14.6 Å². The monoisotopic (exact) mass is 407 g/mol. The summed E-state index contributed by atoms with van der Waals surface area (Å²) in [5, 5.41) is 14.3. The zero-order chi connectivity index (χ0) is 21.5. The molecule has 1 aromatic heterocycles. The lowest BCUT2D eigenvalue weighted by atomic mass is 9.97. The average molecular weight is 407 g/mol. The molecule has 1 saturated heterocycles. The number of carboxylic acids is 1. The standard InChI is InChI=1S/C21H21N3O2.C2H4O2/c1-15(25)18-6-7-21(24-8-10-26-11-9-24)20(12-18)17-4-2-16(3-5-17)19-13-22-23-14-19;1-2(3)4/h2-7,12-14H,8-11H2,1H3,(H,22,23);1H3,(H,3,4). The molecule has 0 atom stereocenters. The van der Waals surface area contributed by atoms with Gasteiger partial charge < -0.3 is 14.7 Å². The highest BCUT2D eigenvalue weighted by molar-refractivity contribution is 5.97. The van der Waals surface area contributed by atoms with Crippen molar-refractivity contribution in [1.29, 1.82) is 0 Å². The number of carboxylic acid groups (broad SMARTS) is 1. The third-order valence-corrected chi connectivity index (χ3v) is 4.78. The molecule has 1 aliphatic heterocycles. The van der Waals surface area contributed by atoms with Crippen molar-refractivity contribution < 1.29 is 19.4 Å². The van der Waals surface area contributed by atoms with Crippen LogP contribution in [0.2, 0.25) is 0 Å². The summed E-state index contributed by atoms with van der Waals surface area (Å²) in [5.74, 6) is -0.755. The summed E-state index contributed by atoms with van der Waals surface area (Å²) in [6, 6.07) is 14.3. The summed E-state index contributed by atoms with van der Waals surface area (Å²) in [5.41, 5.74) is 6.23. The average Bonchev–Trinajstić information content (AvgIpc) is 3.29. The molecular formula is C23H25N3O4. The predicted molar refractivity (Wildman–Crippen MR) is 116 cm³/mol. The van der Waals surface area contributed by atoms with E-state index in [2.05, 4.69) is 45.4 Å². The number of benzene rings is 2. The number of rotatable bonds is 4. The van der Waals surface area contributed by atoms with Crippen molar-refractivity contribution in [2.45, 2.75) is 13.8 Å². The largest absolute Gasteiger partial charge is 0.481 e. The lowest BCUT2D eigenvalue weighted by Gasteiger charge is -2.31. The lowest BCUT2D eigenvalue weighted by Crippen LogP contribution is -2.36. The van der Waals surface area contributed by atoms with Crippen LogP contribution in [0.25, 0.3) is 22.3 Å². The maximum absolute atomic E-state index is 11.9. The molecule has 4 rings (SSSR count). The zero-order valence-electron chi connectivity index (χ0n) is 17.1. The number of H-pyrrole nitrogens is 1. The number of carbonyl (C=O) groups is 2. The Labute approximate surface area is 175 Å². The molecule has 3 aromatic rings. The molecule has 7 heteroatoms. The molecule has 7 nitrogen and oxygen atoms in total. The highest BCUT2D eigenvalue weighted by Gasteiger charge is 2.17. The van der Waals surface area contributed by atoms with Crippen LogP contribution in [0, 0.1) is 0 Å². The second-order valence-corrected chi connectivity index (χ2v) is 6.97. The van der Waals surface area contributed by atoms with Crippen LogP contribution in [-0.2, 0) is 9.53 Å². The van der Waals surface area contributed by atoms with Gasteiger partial charge in [-0.05, 0) is 36.2 Å². The Balaban J connectivity index is 0.000000589. The van der Waals surface area contributed by atoms with Crippen LogP contribution in [0.5, 0.6) is 0 Å². The molecule has 0 spiro atoms. The van der Waals surface area contributed by atoms with Gasteiger partial charge in [-0.15, -0.1) is 0 Å². The third-order valence-electron chi connectivity index (χ3n) is 4.78. The van der Waals surface area contributed by atoms with Crippen molar-refractivity contribution in [3.63, 3.8) is 0 Å². The number of nitrogens with zero attached hydrogens (tertiary/aromatic N) is 2. The number of nitrogens with one attached hydrogen (secondary N) is 1. The molecule has 1 aliphatic rings. The highest BCUT2D eigenvalue weighted by atomic mass is 16.5. The van der Waals surface area contributed by atoms with Gasteiger partial charge in [-0.1, -0.05) is 24.3 Å². The molecule has 156 valence electrons. The Morgan fingerprint density at radius 3 is 2.20 bits per heavy atom. The Kier molecular flexibility index (Phi) is 6.98. The molecule has 0 unspecified atom stereocenters. The summed E-state index contributed by atoms with van der Waals surface area (Å²) in [4.78, 5) is 23.2. The fourth-order valence-electron chi connectivity index (χ4n) is 3.32. The number of hydrogen-bond acceptors (Lipinski definition) is 5. The van der Waals surface area contributed by atoms with Crippen molar-refractivity contribution in [1.82, 2.24) is 10.2 Å². The van der Waals surface area contributed by atoms with Crippen LogP contribution in [-0.4, -0.2) is 53.4 Å². The summed E-state index contributed by atoms with van der Waals surface area (Å²) in [6.07, 6.45) is 3.69. The Hall–Kier alpha value is -3.45. The Morgan fingerprint density at radius 2 is 1.63 bits per heavy atom. The third kappa shape index (κ3) is 5.33. The first-order valence-electron chi connectivity index (χ1n) is 9.72. The molecular weight excluding hydrogens is 382 g/mol. The highest BCUT2D eigenvalue weighted by Crippen LogP contribution is 2.34. The van der Waals surface area contributed by atoms with Gasteiger partial charge in [0, 0.05) is 48.6 Å². The number of morpholine rings is 1. The van der Waals surface area contributed by atoms with E-state index in [1.54, 1.807) is 6.92 Å². The first-order chi connectivity index (χ1) is 14.5. The van der Waals surface area contributed by atoms with Gasteiger partial charge in [0.25, 0.3) is 5.97 Å². The number of Topliss-reactive ketones (excluding diaryl/α,β-unsaturated/α-hetero) is 1. The lowest BCUT2D eigenvalue weighted by molar-refractivity contribution is -0.134. The number of aliphatic carboxylic acids is 1. The quantitative estimate of drug-likeness (QED) is 0.638. The van der Waals surface area contributed by atoms with Gasteiger partial charge in [0.1, 0.15) is 0 Å². The van der Waals surface area contributed by atoms with Crippen molar-refractivity contribution in [2.75, 3.05) is 31.2 Å². The Bertz CT molecular complexity index is 988. The minimum absolute atomic E-state index is 0.0785. The van der Waals surface area contributed by atoms with Crippen LogP contribution in [0.4, 0.5) is 5.69 Å². The molecule has 2 aromatic carbocycles. The van der Waals surface area contributed by atoms with E-state index in [-0.39, 0.29) is 5.78 Å². The van der Waals surface area contributed by atoms with E-state index < -0.39 is 5.97 Å². The van der Waals surface area contributed by atoms with E-state index in [0.29, 0.717) is 0 Å². The maximum atomic E-state index is 11.9. The first kappa shape index (κ1) is 21.3. The maximum Gasteiger partial charge on any atom is 0.300 e. The van der Waals surface area contributed by atoms with E-state index in [1.807, 2.05) is 24.5 Å². The smallest absolute Gasteiger partial charge is 0.300 e. The minimum Gasteiger partial charge on any atom is -0.481 e. The number of hydrogen-bond donors (Lipinski definition) is 2. The number of aromatic amines is 1. The van der Waals surface area contributed by atoms with Crippen LogP contribution < -0.4 is 4.90 Å². The van der Waals surface area contributed by atoms with Crippen LogP contribution in [0.3, 0.4) is 0 Å². The summed E-state index contributed by atoms with van der Waals surface area (Å²) < 4.78 is 5.48. The van der Waals surface area contributed by atoms with Crippen LogP contribution in [0.1, 0.15) is 24.2 Å². The first-order valence-corrected chi connectivity index (χ1v) is 9.72. The molecule has 2 heterocycles. The summed E-state index contributed by atoms with van der Waals surface area (Å²) in [7, 11) is 0. The molecule has 0 bridgehead atoms. The number of anilines is 1. The SMILES string of the molecule is CC(=O)O.CC(=O)c1ccc(N2CCOCC2)c(-c2ccc(-c3cn[nH]c3)cc2)c1. The van der Waals surface area contributed by atoms with Crippen molar-refractivity contribution in [2.24, 2.45) is 0 Å². The minimum atomic E-state index is -0.833. The molecule has 0 saturated carbocycles. The molecule has 1 fully saturated rings. The van der Waals surface area contributed by atoms with E-state index in [9.17, 15) is 4.79 Å². The number of ketones is 1. The predicted octanol–water partition coefficient (Wildman–Crippen LogP) is 3.87. The van der Waals surface area contributed by atoms with Gasteiger partial charge >= 0.3 is 0 Å². The van der Waals surface area contributed by atoms with E-state index in [1.165, 1.54) is 0 Å². The number of aromatic nitrogens is 2. The van der Waals surface area contributed by atoms with Crippen LogP contribution in [0.15, 0.2) is 54.9 Å². The number of ether oxygens (including phenoxy) is 1. The van der Waals surface area contributed by atoms with E-state index >= 15 is 0 Å². The van der Waals surface area contributed by atoms with Crippen LogP contribution >= 0.6 is 0 Å². The second kappa shape index (κ2) is 9.84. The van der Waals surface area contributed by atoms with Crippen molar-refractivity contribution in [3.8, 4) is 22.3 Å². The molecule has 0 aliphatic carbocycles. The van der Waals surface area contributed by atoms with E-state index in [0.717, 1.165) is 66.7 Å². The number of carbonyl (C=O) groups excluding carboxylic acids is 1. The molecule has 0 radical (unpaired) electrons. The normalized spacial score (nSPS) is 13.3. The van der Waals surface area contributed by atoms with Crippen molar-refractivity contribution in [3.05, 3.63) is 60.4 Å². The fourth-order valence-corrected chi connectivity index (χ4v) is 3.32. The van der Waals surface area contributed by atoms with Gasteiger partial charge in [0.05, 0.1) is 19.4 Å². The topological polar surface area (TPSA) is 95.5 Å². The van der Waals surface area contributed by atoms with Gasteiger partial charge in [-0.3, -0.25) is 14.7 Å². The van der Waals surface area contributed by atoms with Gasteiger partial charge in [0.2, 0.25) is 0 Å². The van der Waals surface area contributed by atoms with Crippen molar-refractivity contribution >= 4 is 17.4 Å². The van der Waals surface area contributed by atoms with Gasteiger partial charge in [-0.25, -0.2) is 0 Å². The fraction of sp³-hybridized carbons (Fsp3) is 0.261. The zero-order valence-corrected chi connectivity index (χ0v) is 17.1. The molecule has 2 N–H and O–H groups in total. The van der Waals surface area contributed by atoms with Gasteiger partial charge in [-0.2, -0.15) is 5.10 Å². The molecule has 30 heavy (non-hydrogen) atoms. The summed E-state index contributed by atoms with van der Waals surface area (Å²) >= 11 is 0. The molecule has 0 amide bonds. The van der Waals surface area contributed by atoms with Gasteiger partial charge in [0.15, 0.2) is 5.78 Å². The second-order valence-electron chi connectivity index (χ2n) is 6.97. The summed E-state index contributed by atoms with van der Waals surface area (Å²) in [6.45, 7) is 5.87. The Morgan fingerprint density at radius 1 is 1.00 bits per heavy atom.